The lowest BCUT2D eigenvalue weighted by molar-refractivity contribution is 0.118. The molecule has 0 bridgehead atoms. The Hall–Kier alpha value is 0. The van der Waals surface area contributed by atoms with E-state index in [1.165, 1.54) is 19.3 Å². The monoisotopic (exact) mass is 252 g/mol. The third-order valence-electron chi connectivity index (χ3n) is 6.10. The minimum absolute atomic E-state index is 0.638. The largest absolute Gasteiger partial charge is 0.0654 e. The third-order valence-corrected chi connectivity index (χ3v) is 6.10. The zero-order valence-corrected chi connectivity index (χ0v) is 14.1. The minimum Gasteiger partial charge on any atom is -0.0654 e. The lowest BCUT2D eigenvalue weighted by Gasteiger charge is -2.36. The molecule has 0 saturated heterocycles. The zero-order valence-electron chi connectivity index (χ0n) is 14.1. The summed E-state index contributed by atoms with van der Waals surface area (Å²) < 4.78 is 0. The van der Waals surface area contributed by atoms with E-state index in [4.69, 9.17) is 0 Å². The molecule has 5 unspecified atom stereocenters. The van der Waals surface area contributed by atoms with Crippen molar-refractivity contribution in [1.82, 2.24) is 0 Å². The molecule has 0 aromatic rings. The second-order valence-corrected chi connectivity index (χ2v) is 7.49. The van der Waals surface area contributed by atoms with Crippen LogP contribution in [0.2, 0.25) is 0 Å². The Bertz CT molecular complexity index is 253. The van der Waals surface area contributed by atoms with Gasteiger partial charge in [-0.15, -0.1) is 0 Å². The van der Waals surface area contributed by atoms with E-state index < -0.39 is 0 Å². The minimum atomic E-state index is 0.638. The van der Waals surface area contributed by atoms with Crippen LogP contribution in [0, 0.1) is 40.9 Å². The van der Waals surface area contributed by atoms with Crippen molar-refractivity contribution in [2.24, 2.45) is 40.9 Å². The Kier molecular flexibility index (Phi) is 5.32. The van der Waals surface area contributed by atoms with Gasteiger partial charge in [0, 0.05) is 0 Å². The van der Waals surface area contributed by atoms with Gasteiger partial charge in [-0.25, -0.2) is 0 Å². The molecule has 0 aromatic carbocycles. The summed E-state index contributed by atoms with van der Waals surface area (Å²) in [6.07, 6.45) is 4.12. The molecule has 1 saturated carbocycles. The molecule has 0 spiro atoms. The van der Waals surface area contributed by atoms with Crippen molar-refractivity contribution in [2.45, 2.75) is 74.7 Å². The maximum atomic E-state index is 2.53. The summed E-state index contributed by atoms with van der Waals surface area (Å²) in [5.41, 5.74) is 0.638. The van der Waals surface area contributed by atoms with Crippen LogP contribution in [0.25, 0.3) is 0 Å². The van der Waals surface area contributed by atoms with Crippen LogP contribution < -0.4 is 0 Å². The van der Waals surface area contributed by atoms with E-state index >= 15 is 0 Å². The van der Waals surface area contributed by atoms with Gasteiger partial charge in [0.05, 0.1) is 0 Å². The Balaban J connectivity index is 3.02. The van der Waals surface area contributed by atoms with Gasteiger partial charge in [-0.1, -0.05) is 68.2 Å². The lowest BCUT2D eigenvalue weighted by Crippen LogP contribution is -2.30. The molecule has 0 aliphatic heterocycles. The average molecular weight is 252 g/mol. The predicted molar refractivity (Wildman–Crippen MR) is 82.6 cm³/mol. The molecule has 0 aromatic heterocycles. The molecule has 0 N–H and O–H groups in total. The highest BCUT2D eigenvalue weighted by Crippen LogP contribution is 2.72. The van der Waals surface area contributed by atoms with Gasteiger partial charge in [-0.2, -0.15) is 0 Å². The highest BCUT2D eigenvalue weighted by Gasteiger charge is 2.67. The maximum Gasteiger partial charge on any atom is -0.0182 e. The first kappa shape index (κ1) is 16.1. The van der Waals surface area contributed by atoms with Gasteiger partial charge in [0.2, 0.25) is 0 Å². The van der Waals surface area contributed by atoms with Gasteiger partial charge in [-0.3, -0.25) is 0 Å². The van der Waals surface area contributed by atoms with E-state index in [0.717, 1.165) is 35.5 Å². The fourth-order valence-electron chi connectivity index (χ4n) is 5.28. The van der Waals surface area contributed by atoms with Gasteiger partial charge in [0.15, 0.2) is 0 Å². The fourth-order valence-corrected chi connectivity index (χ4v) is 5.28. The summed E-state index contributed by atoms with van der Waals surface area (Å²) >= 11 is 0. The maximum absolute atomic E-state index is 2.53. The van der Waals surface area contributed by atoms with E-state index in [-0.39, 0.29) is 0 Å². The fraction of sp³-hybridized carbons (Fsp3) is 1.00. The average Bonchev–Trinajstić information content (AvgIpc) is 2.91. The molecule has 1 aliphatic carbocycles. The van der Waals surface area contributed by atoms with Crippen molar-refractivity contribution in [2.75, 3.05) is 0 Å². The molecule has 5 atom stereocenters. The van der Waals surface area contributed by atoms with Crippen molar-refractivity contribution in [1.29, 1.82) is 0 Å². The highest BCUT2D eigenvalue weighted by atomic mass is 14.7. The second kappa shape index (κ2) is 5.97. The standard InChI is InChI=1S/C18H36/c1-9-11-16(12(3)4)18(13(5)6)15(8)17(18)14(7)10-2/h12-17H,9-11H2,1-8H3. The van der Waals surface area contributed by atoms with Crippen LogP contribution in [0.5, 0.6) is 0 Å². The third kappa shape index (κ3) is 2.37. The van der Waals surface area contributed by atoms with Gasteiger partial charge >= 0.3 is 0 Å². The lowest BCUT2D eigenvalue weighted by atomic mass is 9.68. The Morgan fingerprint density at radius 1 is 1.00 bits per heavy atom. The highest BCUT2D eigenvalue weighted by molar-refractivity contribution is 5.14. The molecule has 1 rings (SSSR count). The van der Waals surface area contributed by atoms with E-state index in [2.05, 4.69) is 55.4 Å². The molecular formula is C18H36. The first-order valence-corrected chi connectivity index (χ1v) is 8.35. The second-order valence-electron chi connectivity index (χ2n) is 7.49. The molecular weight excluding hydrogens is 216 g/mol. The van der Waals surface area contributed by atoms with Crippen LogP contribution in [0.4, 0.5) is 0 Å². The first-order valence-electron chi connectivity index (χ1n) is 8.35. The SMILES string of the molecule is CCCC(C(C)C)C1(C(C)C)C(C)C1C(C)CC. The van der Waals surface area contributed by atoms with Crippen LogP contribution in [0.3, 0.4) is 0 Å². The van der Waals surface area contributed by atoms with Gasteiger partial charge in [0.25, 0.3) is 0 Å². The van der Waals surface area contributed by atoms with E-state index in [9.17, 15) is 0 Å². The first-order chi connectivity index (χ1) is 8.35. The number of hydrogen-bond acceptors (Lipinski definition) is 0. The number of rotatable bonds is 7. The van der Waals surface area contributed by atoms with Crippen LogP contribution in [0.15, 0.2) is 0 Å². The van der Waals surface area contributed by atoms with E-state index in [1.807, 2.05) is 0 Å². The van der Waals surface area contributed by atoms with Crippen molar-refractivity contribution < 1.29 is 0 Å². The van der Waals surface area contributed by atoms with Crippen LogP contribution >= 0.6 is 0 Å². The quantitative estimate of drug-likeness (QED) is 0.520. The Morgan fingerprint density at radius 2 is 1.56 bits per heavy atom. The van der Waals surface area contributed by atoms with Crippen molar-refractivity contribution in [3.63, 3.8) is 0 Å². The summed E-state index contributed by atoms with van der Waals surface area (Å²) in [7, 11) is 0. The summed E-state index contributed by atoms with van der Waals surface area (Å²) in [5, 5.41) is 0. The van der Waals surface area contributed by atoms with Crippen molar-refractivity contribution in [3.8, 4) is 0 Å². The van der Waals surface area contributed by atoms with Gasteiger partial charge < -0.3 is 0 Å². The summed E-state index contributed by atoms with van der Waals surface area (Å²) in [5.74, 6) is 5.42. The molecule has 0 heteroatoms. The molecule has 108 valence electrons. The van der Waals surface area contributed by atoms with Crippen LogP contribution in [0.1, 0.15) is 74.7 Å². The predicted octanol–water partition coefficient (Wildman–Crippen LogP) is 6.01. The molecule has 0 amide bonds. The Labute approximate surface area is 116 Å². The molecule has 0 nitrogen and oxygen atoms in total. The van der Waals surface area contributed by atoms with Crippen molar-refractivity contribution >= 4 is 0 Å². The van der Waals surface area contributed by atoms with E-state index in [0.29, 0.717) is 5.41 Å². The summed E-state index contributed by atoms with van der Waals surface area (Å²) in [6, 6.07) is 0. The topological polar surface area (TPSA) is 0 Å². The smallest absolute Gasteiger partial charge is 0.0182 e. The molecule has 0 heterocycles. The van der Waals surface area contributed by atoms with Gasteiger partial charge in [-0.05, 0) is 47.3 Å². The summed E-state index contributed by atoms with van der Waals surface area (Å²) in [6.45, 7) is 19.6. The molecule has 1 fully saturated rings. The number of hydrogen-bond donors (Lipinski definition) is 0. The van der Waals surface area contributed by atoms with Crippen LogP contribution in [-0.4, -0.2) is 0 Å². The Morgan fingerprint density at radius 3 is 1.89 bits per heavy atom. The molecule has 0 radical (unpaired) electrons. The molecule has 18 heavy (non-hydrogen) atoms. The van der Waals surface area contributed by atoms with Gasteiger partial charge in [0.1, 0.15) is 0 Å². The zero-order chi connectivity index (χ0) is 14.1. The normalized spacial score (nSPS) is 35.0. The van der Waals surface area contributed by atoms with Crippen LogP contribution in [-0.2, 0) is 0 Å². The molecule has 1 aliphatic rings. The van der Waals surface area contributed by atoms with E-state index in [1.54, 1.807) is 0 Å². The van der Waals surface area contributed by atoms with Crippen molar-refractivity contribution in [3.05, 3.63) is 0 Å². The summed E-state index contributed by atoms with van der Waals surface area (Å²) in [4.78, 5) is 0.